The van der Waals surface area contributed by atoms with Crippen LogP contribution in [0.4, 0.5) is 0 Å². The number of phenolic OH excluding ortho intramolecular Hbond substituents is 1. The lowest BCUT2D eigenvalue weighted by atomic mass is 9.92. The Morgan fingerprint density at radius 2 is 1.83 bits per heavy atom. The van der Waals surface area contributed by atoms with Crippen LogP contribution in [0, 0.1) is 11.8 Å². The third-order valence-electron chi connectivity index (χ3n) is 6.73. The van der Waals surface area contributed by atoms with Gasteiger partial charge in [-0.15, -0.1) is 0 Å². The summed E-state index contributed by atoms with van der Waals surface area (Å²) in [5.41, 5.74) is 0.946. The first-order valence-electron chi connectivity index (χ1n) is 11.1. The summed E-state index contributed by atoms with van der Waals surface area (Å²) in [6.07, 6.45) is 6.20. The highest BCUT2D eigenvalue weighted by atomic mass is 16.3. The lowest BCUT2D eigenvalue weighted by molar-refractivity contribution is -0.137. The molecule has 0 unspecified atom stereocenters. The number of benzene rings is 1. The Hall–Kier alpha value is -2.08. The summed E-state index contributed by atoms with van der Waals surface area (Å²) in [6.45, 7) is 4.14. The Kier molecular flexibility index (Phi) is 6.09. The fourth-order valence-electron chi connectivity index (χ4n) is 4.90. The number of phenols is 1. The van der Waals surface area contributed by atoms with Gasteiger partial charge in [0.2, 0.25) is 11.8 Å². The van der Waals surface area contributed by atoms with Gasteiger partial charge in [-0.05, 0) is 62.8 Å². The summed E-state index contributed by atoms with van der Waals surface area (Å²) in [6, 6.07) is 7.60. The molecule has 2 aliphatic heterocycles. The molecule has 2 heterocycles. The summed E-state index contributed by atoms with van der Waals surface area (Å²) in [7, 11) is 1.85. The molecule has 29 heavy (non-hydrogen) atoms. The summed E-state index contributed by atoms with van der Waals surface area (Å²) >= 11 is 0. The highest BCUT2D eigenvalue weighted by Gasteiger charge is 2.37. The van der Waals surface area contributed by atoms with Crippen LogP contribution < -0.4 is 0 Å². The maximum Gasteiger partial charge on any atom is 0.227 e. The molecule has 6 nitrogen and oxygen atoms in total. The second-order valence-corrected chi connectivity index (χ2v) is 9.03. The van der Waals surface area contributed by atoms with Gasteiger partial charge in [-0.2, -0.15) is 0 Å². The second-order valence-electron chi connectivity index (χ2n) is 9.03. The Morgan fingerprint density at radius 3 is 2.52 bits per heavy atom. The Balaban J connectivity index is 1.28. The van der Waals surface area contributed by atoms with E-state index in [1.54, 1.807) is 17.0 Å². The van der Waals surface area contributed by atoms with E-state index in [-0.39, 0.29) is 17.6 Å². The van der Waals surface area contributed by atoms with Gasteiger partial charge in [0.1, 0.15) is 5.75 Å². The van der Waals surface area contributed by atoms with Gasteiger partial charge in [0.15, 0.2) is 0 Å². The molecular formula is C23H33N3O3. The molecule has 158 valence electrons. The van der Waals surface area contributed by atoms with Crippen LogP contribution in [0.2, 0.25) is 0 Å². The van der Waals surface area contributed by atoms with Crippen LogP contribution in [-0.4, -0.2) is 70.9 Å². The maximum atomic E-state index is 13.0. The van der Waals surface area contributed by atoms with E-state index in [1.807, 2.05) is 19.2 Å². The van der Waals surface area contributed by atoms with E-state index in [2.05, 4.69) is 9.80 Å². The van der Waals surface area contributed by atoms with E-state index < -0.39 is 0 Å². The number of nitrogens with zero attached hydrogens (tertiary/aromatic N) is 3. The molecule has 2 amide bonds. The van der Waals surface area contributed by atoms with Gasteiger partial charge in [-0.3, -0.25) is 14.5 Å². The van der Waals surface area contributed by atoms with Crippen molar-refractivity contribution < 1.29 is 14.7 Å². The van der Waals surface area contributed by atoms with Gasteiger partial charge >= 0.3 is 0 Å². The van der Waals surface area contributed by atoms with Crippen molar-refractivity contribution in [3.05, 3.63) is 29.8 Å². The van der Waals surface area contributed by atoms with Crippen molar-refractivity contribution in [3.63, 3.8) is 0 Å². The molecule has 6 heteroatoms. The summed E-state index contributed by atoms with van der Waals surface area (Å²) < 4.78 is 0. The van der Waals surface area contributed by atoms with Gasteiger partial charge in [-0.25, -0.2) is 0 Å². The van der Waals surface area contributed by atoms with Crippen LogP contribution in [0.1, 0.15) is 44.1 Å². The van der Waals surface area contributed by atoms with Gasteiger partial charge in [0.25, 0.3) is 0 Å². The highest BCUT2D eigenvalue weighted by molar-refractivity contribution is 5.81. The number of carbonyl (C=O) groups is 2. The average Bonchev–Trinajstić information content (AvgIpc) is 3.58. The molecule has 1 atom stereocenters. The van der Waals surface area contributed by atoms with Crippen LogP contribution in [-0.2, 0) is 16.1 Å². The quantitative estimate of drug-likeness (QED) is 0.826. The molecule has 1 aliphatic carbocycles. The first-order chi connectivity index (χ1) is 14.0. The fraction of sp³-hybridized carbons (Fsp3) is 0.652. The number of hydrogen-bond donors (Lipinski definition) is 1. The van der Waals surface area contributed by atoms with E-state index in [0.717, 1.165) is 70.3 Å². The molecule has 0 bridgehead atoms. The average molecular weight is 400 g/mol. The van der Waals surface area contributed by atoms with Crippen LogP contribution in [0.15, 0.2) is 24.3 Å². The molecule has 0 spiro atoms. The smallest absolute Gasteiger partial charge is 0.227 e. The van der Waals surface area contributed by atoms with Gasteiger partial charge < -0.3 is 14.9 Å². The molecule has 0 radical (unpaired) electrons. The van der Waals surface area contributed by atoms with Gasteiger partial charge in [0.05, 0.1) is 5.92 Å². The number of amides is 2. The van der Waals surface area contributed by atoms with Crippen LogP contribution in [0.25, 0.3) is 0 Å². The molecule has 4 rings (SSSR count). The molecule has 2 saturated heterocycles. The Labute approximate surface area is 173 Å². The molecule has 0 aromatic heterocycles. The van der Waals surface area contributed by atoms with E-state index in [0.29, 0.717) is 24.4 Å². The van der Waals surface area contributed by atoms with Crippen molar-refractivity contribution in [2.45, 2.75) is 51.1 Å². The number of likely N-dealkylation sites (tertiary alicyclic amines) is 2. The van der Waals surface area contributed by atoms with E-state index in [9.17, 15) is 14.7 Å². The first-order valence-corrected chi connectivity index (χ1v) is 11.1. The molecule has 1 saturated carbocycles. The zero-order valence-electron chi connectivity index (χ0n) is 17.4. The van der Waals surface area contributed by atoms with Crippen molar-refractivity contribution >= 4 is 11.8 Å². The number of piperidine rings is 2. The van der Waals surface area contributed by atoms with Crippen LogP contribution in [0.3, 0.4) is 0 Å². The minimum absolute atomic E-state index is 0.0391. The van der Waals surface area contributed by atoms with E-state index in [4.69, 9.17) is 0 Å². The monoisotopic (exact) mass is 399 g/mol. The Morgan fingerprint density at radius 1 is 1.07 bits per heavy atom. The minimum atomic E-state index is 0.0391. The minimum Gasteiger partial charge on any atom is -0.508 e. The third kappa shape index (κ3) is 4.92. The number of carbonyl (C=O) groups excluding carboxylic acids is 2. The highest BCUT2D eigenvalue weighted by Crippen LogP contribution is 2.33. The first kappa shape index (κ1) is 20.2. The lowest BCUT2D eigenvalue weighted by Crippen LogP contribution is -2.51. The summed E-state index contributed by atoms with van der Waals surface area (Å²) in [5.74, 6) is 1.14. The third-order valence-corrected chi connectivity index (χ3v) is 6.73. The van der Waals surface area contributed by atoms with Gasteiger partial charge in [0, 0.05) is 45.2 Å². The van der Waals surface area contributed by atoms with Crippen molar-refractivity contribution in [2.24, 2.45) is 11.8 Å². The van der Waals surface area contributed by atoms with Crippen molar-refractivity contribution in [3.8, 4) is 5.75 Å². The topological polar surface area (TPSA) is 64.1 Å². The molecule has 1 N–H and O–H groups in total. The van der Waals surface area contributed by atoms with Crippen molar-refractivity contribution in [1.29, 1.82) is 0 Å². The molecule has 1 aromatic rings. The predicted octanol–water partition coefficient (Wildman–Crippen LogP) is 2.46. The fourth-order valence-corrected chi connectivity index (χ4v) is 4.90. The van der Waals surface area contributed by atoms with Crippen molar-refractivity contribution in [2.75, 3.05) is 33.2 Å². The lowest BCUT2D eigenvalue weighted by Gasteiger charge is -2.42. The molecule has 3 aliphatic rings. The largest absolute Gasteiger partial charge is 0.508 e. The normalized spacial score (nSPS) is 23.8. The SMILES string of the molecule is CN(Cc1cccc(O)c1)C(=O)[C@@H]1CCCN(C2CCN(C(=O)C3CC3)CC2)C1. The maximum absolute atomic E-state index is 13.0. The molecule has 3 fully saturated rings. The van der Waals surface area contributed by atoms with Crippen LogP contribution in [0.5, 0.6) is 5.75 Å². The second kappa shape index (κ2) is 8.74. The number of hydrogen-bond acceptors (Lipinski definition) is 4. The zero-order chi connectivity index (χ0) is 20.4. The standard InChI is InChI=1S/C23H33N3O3/c1-24(15-17-4-2-6-21(27)14-17)22(28)19-5-3-11-26(16-19)20-9-12-25(13-10-20)23(29)18-7-8-18/h2,4,6,14,18-20,27H,3,5,7-13,15-16H2,1H3/t19-/m1/s1. The number of rotatable bonds is 5. The number of aromatic hydroxyl groups is 1. The summed E-state index contributed by atoms with van der Waals surface area (Å²) in [5, 5.41) is 9.64. The zero-order valence-corrected chi connectivity index (χ0v) is 17.4. The van der Waals surface area contributed by atoms with Gasteiger partial charge in [-0.1, -0.05) is 12.1 Å². The Bertz CT molecular complexity index is 741. The van der Waals surface area contributed by atoms with Crippen LogP contribution >= 0.6 is 0 Å². The summed E-state index contributed by atoms with van der Waals surface area (Å²) in [4.78, 5) is 31.6. The predicted molar refractivity (Wildman–Crippen MR) is 111 cm³/mol. The van der Waals surface area contributed by atoms with Crippen molar-refractivity contribution in [1.82, 2.24) is 14.7 Å². The van der Waals surface area contributed by atoms with E-state index in [1.165, 1.54) is 0 Å². The van der Waals surface area contributed by atoms with E-state index >= 15 is 0 Å². The molecule has 1 aromatic carbocycles. The molecular weight excluding hydrogens is 366 g/mol.